The maximum atomic E-state index is 10.1. The van der Waals surface area contributed by atoms with Gasteiger partial charge in [-0.1, -0.05) is 37.5 Å². The molecule has 22 heavy (non-hydrogen) atoms. The molecule has 0 saturated heterocycles. The number of rotatable bonds is 0. The second kappa shape index (κ2) is 4.48. The number of hydrogen-bond donors (Lipinski definition) is 2. The van der Waals surface area contributed by atoms with Gasteiger partial charge in [-0.05, 0) is 73.7 Å². The lowest BCUT2D eigenvalue weighted by Gasteiger charge is -2.56. The summed E-state index contributed by atoms with van der Waals surface area (Å²) in [5.74, 6) is 0.174. The summed E-state index contributed by atoms with van der Waals surface area (Å²) in [6.07, 6.45) is 12.1. The summed E-state index contributed by atoms with van der Waals surface area (Å²) in [6, 6.07) is 0. The van der Waals surface area contributed by atoms with Crippen LogP contribution < -0.4 is 0 Å². The first-order chi connectivity index (χ1) is 10.3. The third kappa shape index (κ3) is 1.93. The Balaban J connectivity index is 1.78. The molecule has 1 unspecified atom stereocenters. The van der Waals surface area contributed by atoms with E-state index in [0.29, 0.717) is 23.7 Å². The van der Waals surface area contributed by atoms with E-state index in [0.717, 1.165) is 12.3 Å². The molecule has 0 heterocycles. The van der Waals surface area contributed by atoms with Crippen LogP contribution in [0, 0.1) is 28.6 Å². The maximum absolute atomic E-state index is 10.1. The van der Waals surface area contributed by atoms with Crippen molar-refractivity contribution in [3.05, 3.63) is 23.3 Å². The first-order valence-electron chi connectivity index (χ1n) is 9.10. The monoisotopic (exact) mass is 302 g/mol. The molecule has 2 saturated carbocycles. The summed E-state index contributed by atoms with van der Waals surface area (Å²) >= 11 is 0. The second-order valence-electron chi connectivity index (χ2n) is 9.11. The van der Waals surface area contributed by atoms with Crippen molar-refractivity contribution in [2.75, 3.05) is 0 Å². The summed E-state index contributed by atoms with van der Waals surface area (Å²) in [5, 5.41) is 20.1. The Labute approximate surface area is 134 Å². The Kier molecular flexibility index (Phi) is 3.05. The Hall–Kier alpha value is -0.600. The highest BCUT2D eigenvalue weighted by Gasteiger charge is 2.56. The molecule has 2 nitrogen and oxygen atoms in total. The van der Waals surface area contributed by atoms with Gasteiger partial charge in [0.25, 0.3) is 0 Å². The first-order valence-corrected chi connectivity index (χ1v) is 9.10. The minimum absolute atomic E-state index is 0.119. The van der Waals surface area contributed by atoms with E-state index in [1.54, 1.807) is 17.2 Å². The Morgan fingerprint density at radius 1 is 1.05 bits per heavy atom. The second-order valence-corrected chi connectivity index (χ2v) is 9.11. The van der Waals surface area contributed by atoms with Crippen molar-refractivity contribution < 1.29 is 10.2 Å². The average Bonchev–Trinajstić information content (AvgIpc) is 2.82. The van der Waals surface area contributed by atoms with E-state index in [-0.39, 0.29) is 5.41 Å². The van der Waals surface area contributed by atoms with Crippen LogP contribution >= 0.6 is 0 Å². The fraction of sp³-hybridized carbons (Fsp3) is 0.800. The molecule has 4 aliphatic rings. The number of aliphatic hydroxyl groups is 2. The van der Waals surface area contributed by atoms with Gasteiger partial charge in [0, 0.05) is 6.42 Å². The van der Waals surface area contributed by atoms with Crippen molar-refractivity contribution in [3.63, 3.8) is 0 Å². The van der Waals surface area contributed by atoms with Crippen LogP contribution in [0.25, 0.3) is 0 Å². The highest BCUT2D eigenvalue weighted by atomic mass is 16.5. The zero-order valence-electron chi connectivity index (χ0n) is 14.2. The van der Waals surface area contributed by atoms with Crippen molar-refractivity contribution in [3.8, 4) is 0 Å². The Morgan fingerprint density at radius 3 is 2.59 bits per heavy atom. The molecule has 0 aromatic carbocycles. The molecule has 2 heteroatoms. The standard InChI is InChI=1S/C20H30O2/c1-13-11-14-12-20(21,22)10-9-19(14,3)16-6-8-18(2)7-4-5-15(18)17(13)16/h9-10,14-16,21-22H,4-8,11-12H2,1-3H3/t14?,15-,16-,18-,19-/m0/s1. The van der Waals surface area contributed by atoms with E-state index in [1.165, 1.54) is 32.1 Å². The van der Waals surface area contributed by atoms with E-state index in [2.05, 4.69) is 26.8 Å². The lowest BCUT2D eigenvalue weighted by Crippen LogP contribution is -2.50. The fourth-order valence-corrected chi connectivity index (χ4v) is 6.46. The van der Waals surface area contributed by atoms with Crippen LogP contribution in [0.4, 0.5) is 0 Å². The number of hydrogen-bond acceptors (Lipinski definition) is 2. The maximum Gasteiger partial charge on any atom is 0.182 e. The van der Waals surface area contributed by atoms with Crippen molar-refractivity contribution in [1.82, 2.24) is 0 Å². The molecule has 0 radical (unpaired) electrons. The van der Waals surface area contributed by atoms with E-state index >= 15 is 0 Å². The van der Waals surface area contributed by atoms with Crippen molar-refractivity contribution in [1.29, 1.82) is 0 Å². The van der Waals surface area contributed by atoms with Crippen LogP contribution in [0.1, 0.15) is 65.7 Å². The number of allylic oxidation sites excluding steroid dienone is 3. The SMILES string of the molecule is CC1=C2[C@@H]3CCC[C@@]3(C)CC[C@@H]2[C@@]2(C)C=CC(O)(O)CC2C1. The average molecular weight is 302 g/mol. The van der Waals surface area contributed by atoms with Gasteiger partial charge in [-0.2, -0.15) is 0 Å². The highest BCUT2D eigenvalue weighted by Crippen LogP contribution is 2.65. The molecule has 0 aromatic heterocycles. The van der Waals surface area contributed by atoms with Crippen molar-refractivity contribution in [2.45, 2.75) is 71.5 Å². The van der Waals surface area contributed by atoms with Gasteiger partial charge in [-0.15, -0.1) is 0 Å². The summed E-state index contributed by atoms with van der Waals surface area (Å²) in [4.78, 5) is 0. The zero-order valence-corrected chi connectivity index (χ0v) is 14.2. The number of fused-ring (bicyclic) bond motifs is 5. The van der Waals surface area contributed by atoms with Gasteiger partial charge in [-0.3, -0.25) is 0 Å². The van der Waals surface area contributed by atoms with Gasteiger partial charge in [0.05, 0.1) is 0 Å². The summed E-state index contributed by atoms with van der Waals surface area (Å²) in [6.45, 7) is 7.21. The molecule has 0 aromatic rings. The van der Waals surface area contributed by atoms with E-state index in [9.17, 15) is 10.2 Å². The molecule has 5 atom stereocenters. The van der Waals surface area contributed by atoms with Gasteiger partial charge < -0.3 is 10.2 Å². The topological polar surface area (TPSA) is 40.5 Å². The normalized spacial score (nSPS) is 49.6. The van der Waals surface area contributed by atoms with E-state index < -0.39 is 5.79 Å². The van der Waals surface area contributed by atoms with Crippen LogP contribution in [0.3, 0.4) is 0 Å². The highest BCUT2D eigenvalue weighted by molar-refractivity contribution is 5.34. The minimum atomic E-state index is -1.60. The molecule has 4 rings (SSSR count). The van der Waals surface area contributed by atoms with Crippen molar-refractivity contribution >= 4 is 0 Å². The fourth-order valence-electron chi connectivity index (χ4n) is 6.46. The first kappa shape index (κ1) is 15.0. The third-order valence-electron chi connectivity index (χ3n) is 7.77. The van der Waals surface area contributed by atoms with Crippen molar-refractivity contribution in [2.24, 2.45) is 28.6 Å². The minimum Gasteiger partial charge on any atom is -0.362 e. The molecule has 122 valence electrons. The van der Waals surface area contributed by atoms with Crippen LogP contribution in [0.15, 0.2) is 23.3 Å². The smallest absolute Gasteiger partial charge is 0.182 e. The van der Waals surface area contributed by atoms with E-state index in [4.69, 9.17) is 0 Å². The van der Waals surface area contributed by atoms with Crippen LogP contribution in [0.5, 0.6) is 0 Å². The molecular formula is C20H30O2. The van der Waals surface area contributed by atoms with Crippen LogP contribution in [-0.2, 0) is 0 Å². The predicted molar refractivity (Wildman–Crippen MR) is 88.0 cm³/mol. The van der Waals surface area contributed by atoms with Crippen LogP contribution in [-0.4, -0.2) is 16.0 Å². The molecule has 4 aliphatic carbocycles. The summed E-state index contributed by atoms with van der Waals surface area (Å²) in [5.41, 5.74) is 3.98. The molecule has 2 fully saturated rings. The summed E-state index contributed by atoms with van der Waals surface area (Å²) in [7, 11) is 0. The van der Waals surface area contributed by atoms with Gasteiger partial charge in [0.15, 0.2) is 5.79 Å². The quantitative estimate of drug-likeness (QED) is 0.520. The summed E-state index contributed by atoms with van der Waals surface area (Å²) < 4.78 is 0. The van der Waals surface area contributed by atoms with Gasteiger partial charge in [0.2, 0.25) is 0 Å². The molecular weight excluding hydrogens is 272 g/mol. The molecule has 0 spiro atoms. The molecule has 0 bridgehead atoms. The molecule has 0 aliphatic heterocycles. The Morgan fingerprint density at radius 2 is 1.82 bits per heavy atom. The Bertz CT molecular complexity index is 558. The van der Waals surface area contributed by atoms with Gasteiger partial charge >= 0.3 is 0 Å². The third-order valence-corrected chi connectivity index (χ3v) is 7.77. The van der Waals surface area contributed by atoms with Gasteiger partial charge in [0.1, 0.15) is 0 Å². The molecule has 0 amide bonds. The van der Waals surface area contributed by atoms with E-state index in [1.807, 2.05) is 0 Å². The molecule has 2 N–H and O–H groups in total. The van der Waals surface area contributed by atoms with Gasteiger partial charge in [-0.25, -0.2) is 0 Å². The lowest BCUT2D eigenvalue weighted by molar-refractivity contribution is -0.151. The zero-order chi connectivity index (χ0) is 15.8. The largest absolute Gasteiger partial charge is 0.362 e. The predicted octanol–water partition coefficient (Wildman–Crippen LogP) is 4.19. The van der Waals surface area contributed by atoms with Crippen LogP contribution in [0.2, 0.25) is 0 Å². The lowest BCUT2D eigenvalue weighted by atomic mass is 9.48.